The van der Waals surface area contributed by atoms with E-state index in [0.29, 0.717) is 10.7 Å². The molecule has 1 fully saturated rings. The molecule has 2 rings (SSSR count). The van der Waals surface area contributed by atoms with Crippen molar-refractivity contribution in [3.8, 4) is 0 Å². The van der Waals surface area contributed by atoms with Crippen molar-refractivity contribution in [3.05, 3.63) is 29.0 Å². The predicted molar refractivity (Wildman–Crippen MR) is 64.7 cm³/mol. The zero-order valence-corrected chi connectivity index (χ0v) is 10.2. The fourth-order valence-electron chi connectivity index (χ4n) is 2.28. The molecule has 1 aromatic heterocycles. The number of carbonyl (C=O) groups is 1. The molecular formula is C13H16ClNO. The first kappa shape index (κ1) is 11.6. The Labute approximate surface area is 101 Å². The van der Waals surface area contributed by atoms with E-state index in [1.54, 1.807) is 18.3 Å². The number of rotatable bonds is 2. The summed E-state index contributed by atoms with van der Waals surface area (Å²) in [5, 5.41) is 0.478. The van der Waals surface area contributed by atoms with Gasteiger partial charge in [0.2, 0.25) is 0 Å². The Kier molecular flexibility index (Phi) is 3.59. The van der Waals surface area contributed by atoms with Gasteiger partial charge in [0.25, 0.3) is 0 Å². The van der Waals surface area contributed by atoms with E-state index in [4.69, 9.17) is 11.6 Å². The summed E-state index contributed by atoms with van der Waals surface area (Å²) < 4.78 is 0. The van der Waals surface area contributed by atoms with Crippen molar-refractivity contribution in [2.45, 2.75) is 32.6 Å². The van der Waals surface area contributed by atoms with Crippen LogP contribution in [-0.4, -0.2) is 10.8 Å². The molecule has 0 radical (unpaired) electrons. The van der Waals surface area contributed by atoms with Crippen LogP contribution in [-0.2, 0) is 0 Å². The lowest BCUT2D eigenvalue weighted by molar-refractivity contribution is 0.0870. The molecule has 86 valence electrons. The van der Waals surface area contributed by atoms with E-state index in [1.165, 1.54) is 0 Å². The summed E-state index contributed by atoms with van der Waals surface area (Å²) in [6, 6.07) is 3.48. The molecule has 0 spiro atoms. The van der Waals surface area contributed by atoms with Gasteiger partial charge in [-0.1, -0.05) is 31.4 Å². The zero-order chi connectivity index (χ0) is 11.5. The highest BCUT2D eigenvalue weighted by atomic mass is 35.5. The number of hydrogen-bond donors (Lipinski definition) is 0. The van der Waals surface area contributed by atoms with Gasteiger partial charge in [-0.3, -0.25) is 9.78 Å². The van der Waals surface area contributed by atoms with Crippen molar-refractivity contribution < 1.29 is 4.79 Å². The Morgan fingerprint density at radius 1 is 1.38 bits per heavy atom. The van der Waals surface area contributed by atoms with Crippen LogP contribution >= 0.6 is 11.6 Å². The van der Waals surface area contributed by atoms with Gasteiger partial charge < -0.3 is 0 Å². The van der Waals surface area contributed by atoms with E-state index in [9.17, 15) is 4.79 Å². The van der Waals surface area contributed by atoms with Gasteiger partial charge in [-0.15, -0.1) is 0 Å². The Balaban J connectivity index is 2.11. The van der Waals surface area contributed by atoms with Gasteiger partial charge in [-0.2, -0.15) is 0 Å². The summed E-state index contributed by atoms with van der Waals surface area (Å²) in [7, 11) is 0. The molecule has 16 heavy (non-hydrogen) atoms. The molecule has 0 atom stereocenters. The average Bonchev–Trinajstić information content (AvgIpc) is 2.30. The standard InChI is InChI=1S/C13H16ClNO/c1-9-4-6-10(7-5-9)13(16)12-11(14)3-2-8-15-12/h2-3,8-10H,4-7H2,1H3. The van der Waals surface area contributed by atoms with Gasteiger partial charge >= 0.3 is 0 Å². The Morgan fingerprint density at radius 2 is 2.06 bits per heavy atom. The lowest BCUT2D eigenvalue weighted by Crippen LogP contribution is -2.22. The van der Waals surface area contributed by atoms with Crippen molar-refractivity contribution >= 4 is 17.4 Å². The maximum atomic E-state index is 12.2. The Hall–Kier alpha value is -0.890. The van der Waals surface area contributed by atoms with E-state index < -0.39 is 0 Å². The van der Waals surface area contributed by atoms with E-state index in [-0.39, 0.29) is 11.7 Å². The topological polar surface area (TPSA) is 30.0 Å². The minimum Gasteiger partial charge on any atom is -0.292 e. The van der Waals surface area contributed by atoms with Crippen LogP contribution in [0.5, 0.6) is 0 Å². The molecule has 0 amide bonds. The van der Waals surface area contributed by atoms with Crippen molar-refractivity contribution in [1.82, 2.24) is 4.98 Å². The monoisotopic (exact) mass is 237 g/mol. The van der Waals surface area contributed by atoms with Crippen LogP contribution in [0, 0.1) is 11.8 Å². The molecule has 0 saturated heterocycles. The number of Topliss-reactive ketones (excluding diaryl/α,β-unsaturated/α-hetero) is 1. The summed E-state index contributed by atoms with van der Waals surface area (Å²) in [6.45, 7) is 2.24. The molecule has 1 aliphatic carbocycles. The van der Waals surface area contributed by atoms with Crippen LogP contribution < -0.4 is 0 Å². The van der Waals surface area contributed by atoms with Gasteiger partial charge in [0.1, 0.15) is 5.69 Å². The quantitative estimate of drug-likeness (QED) is 0.734. The fraction of sp³-hybridized carbons (Fsp3) is 0.538. The van der Waals surface area contributed by atoms with E-state index in [0.717, 1.165) is 31.6 Å². The number of pyridine rings is 1. The number of nitrogens with zero attached hydrogens (tertiary/aromatic N) is 1. The summed E-state index contributed by atoms with van der Waals surface area (Å²) in [5.74, 6) is 1.00. The maximum absolute atomic E-state index is 12.2. The lowest BCUT2D eigenvalue weighted by Gasteiger charge is -2.24. The third kappa shape index (κ3) is 2.43. The molecule has 1 aliphatic rings. The van der Waals surface area contributed by atoms with Crippen molar-refractivity contribution in [2.75, 3.05) is 0 Å². The lowest BCUT2D eigenvalue weighted by atomic mass is 9.80. The number of hydrogen-bond acceptors (Lipinski definition) is 2. The summed E-state index contributed by atoms with van der Waals surface area (Å²) >= 11 is 5.98. The molecule has 1 saturated carbocycles. The summed E-state index contributed by atoms with van der Waals surface area (Å²) in [4.78, 5) is 16.3. The summed E-state index contributed by atoms with van der Waals surface area (Å²) in [6.07, 6.45) is 5.87. The molecule has 0 aromatic carbocycles. The second-order valence-corrected chi connectivity index (χ2v) is 5.06. The van der Waals surface area contributed by atoms with Gasteiger partial charge in [0.05, 0.1) is 5.02 Å². The largest absolute Gasteiger partial charge is 0.292 e. The third-order valence-corrected chi connectivity index (χ3v) is 3.68. The second-order valence-electron chi connectivity index (χ2n) is 4.65. The summed E-state index contributed by atoms with van der Waals surface area (Å²) in [5.41, 5.74) is 0.448. The second kappa shape index (κ2) is 4.96. The smallest absolute Gasteiger partial charge is 0.185 e. The van der Waals surface area contributed by atoms with Crippen LogP contribution in [0.4, 0.5) is 0 Å². The zero-order valence-electron chi connectivity index (χ0n) is 9.45. The highest BCUT2D eigenvalue weighted by Crippen LogP contribution is 2.31. The Morgan fingerprint density at radius 3 is 2.69 bits per heavy atom. The molecule has 2 nitrogen and oxygen atoms in total. The maximum Gasteiger partial charge on any atom is 0.185 e. The first-order valence-electron chi connectivity index (χ1n) is 5.83. The van der Waals surface area contributed by atoms with E-state index >= 15 is 0 Å². The van der Waals surface area contributed by atoms with Crippen molar-refractivity contribution in [1.29, 1.82) is 0 Å². The fourth-order valence-corrected chi connectivity index (χ4v) is 2.50. The average molecular weight is 238 g/mol. The van der Waals surface area contributed by atoms with Crippen LogP contribution in [0.3, 0.4) is 0 Å². The van der Waals surface area contributed by atoms with Gasteiger partial charge in [0.15, 0.2) is 5.78 Å². The van der Waals surface area contributed by atoms with Crippen LogP contribution in [0.2, 0.25) is 5.02 Å². The number of carbonyl (C=O) groups excluding carboxylic acids is 1. The third-order valence-electron chi connectivity index (χ3n) is 3.38. The normalized spacial score (nSPS) is 25.4. The van der Waals surface area contributed by atoms with Crippen molar-refractivity contribution in [2.24, 2.45) is 11.8 Å². The molecule has 0 aliphatic heterocycles. The van der Waals surface area contributed by atoms with Crippen LogP contribution in [0.15, 0.2) is 18.3 Å². The number of ketones is 1. The highest BCUT2D eigenvalue weighted by Gasteiger charge is 2.27. The molecule has 0 bridgehead atoms. The van der Waals surface area contributed by atoms with Crippen LogP contribution in [0.25, 0.3) is 0 Å². The minimum atomic E-state index is 0.123. The van der Waals surface area contributed by atoms with E-state index in [1.807, 2.05) is 0 Å². The predicted octanol–water partition coefficient (Wildman–Crippen LogP) is 3.74. The number of aromatic nitrogens is 1. The molecule has 1 heterocycles. The SMILES string of the molecule is CC1CCC(C(=O)c2ncccc2Cl)CC1. The van der Waals surface area contributed by atoms with Crippen LogP contribution in [0.1, 0.15) is 43.1 Å². The van der Waals surface area contributed by atoms with Gasteiger partial charge in [-0.25, -0.2) is 0 Å². The van der Waals surface area contributed by atoms with E-state index in [2.05, 4.69) is 11.9 Å². The Bertz CT molecular complexity index is 383. The van der Waals surface area contributed by atoms with Gasteiger partial charge in [-0.05, 0) is 30.9 Å². The molecule has 0 N–H and O–H groups in total. The highest BCUT2D eigenvalue weighted by molar-refractivity contribution is 6.33. The van der Waals surface area contributed by atoms with Crippen molar-refractivity contribution in [3.63, 3.8) is 0 Å². The first-order valence-corrected chi connectivity index (χ1v) is 6.21. The molecule has 1 aromatic rings. The first-order chi connectivity index (χ1) is 7.68. The molecule has 0 unspecified atom stereocenters. The molecule has 3 heteroatoms. The molecular weight excluding hydrogens is 222 g/mol. The van der Waals surface area contributed by atoms with Gasteiger partial charge in [0, 0.05) is 12.1 Å². The minimum absolute atomic E-state index is 0.123. The number of halogens is 1.